The number of halogens is 1. The summed E-state index contributed by atoms with van der Waals surface area (Å²) in [5, 5.41) is 8.52. The summed E-state index contributed by atoms with van der Waals surface area (Å²) in [5.41, 5.74) is 4.33. The normalized spacial score (nSPS) is 11.3. The molecular weight excluding hydrogens is 258 g/mol. The highest BCUT2D eigenvalue weighted by Gasteiger charge is 2.10. The van der Waals surface area contributed by atoms with Crippen molar-refractivity contribution < 1.29 is 0 Å². The second kappa shape index (κ2) is 5.76. The molecule has 4 heteroatoms. The van der Waals surface area contributed by atoms with Crippen LogP contribution in [0.4, 0.5) is 0 Å². The minimum atomic E-state index is 0.471. The Hall–Kier alpha value is -1.32. The van der Waals surface area contributed by atoms with Gasteiger partial charge < -0.3 is 5.32 Å². The molecule has 0 radical (unpaired) electrons. The van der Waals surface area contributed by atoms with E-state index in [9.17, 15) is 0 Å². The van der Waals surface area contributed by atoms with E-state index in [1.54, 1.807) is 0 Å². The first-order valence-corrected chi connectivity index (χ1v) is 6.87. The number of hydrogen-bond acceptors (Lipinski definition) is 2. The Balaban J connectivity index is 2.27. The summed E-state index contributed by atoms with van der Waals surface area (Å²) in [6.07, 6.45) is 2.00. The highest BCUT2D eigenvalue weighted by Crippen LogP contribution is 2.30. The number of nitrogens with one attached hydrogen (secondary N) is 1. The first-order valence-electron chi connectivity index (χ1n) is 6.50. The van der Waals surface area contributed by atoms with Crippen molar-refractivity contribution in [1.82, 2.24) is 15.1 Å². The Kier molecular flexibility index (Phi) is 4.27. The van der Waals surface area contributed by atoms with Crippen molar-refractivity contribution in [3.63, 3.8) is 0 Å². The molecule has 19 heavy (non-hydrogen) atoms. The fraction of sp³-hybridized carbons (Fsp3) is 0.400. The van der Waals surface area contributed by atoms with Gasteiger partial charge in [-0.25, -0.2) is 0 Å². The Morgan fingerprint density at radius 2 is 2.05 bits per heavy atom. The molecule has 0 aliphatic heterocycles. The van der Waals surface area contributed by atoms with Crippen LogP contribution in [0.1, 0.15) is 25.1 Å². The Bertz CT molecular complexity index is 573. The van der Waals surface area contributed by atoms with Crippen molar-refractivity contribution in [3.05, 3.63) is 40.7 Å². The van der Waals surface area contributed by atoms with Crippen LogP contribution in [-0.4, -0.2) is 15.8 Å². The zero-order valence-electron chi connectivity index (χ0n) is 11.9. The molecule has 3 nitrogen and oxygen atoms in total. The van der Waals surface area contributed by atoms with E-state index < -0.39 is 0 Å². The number of nitrogens with zero attached hydrogens (tertiary/aromatic N) is 2. The first kappa shape index (κ1) is 14.1. The van der Waals surface area contributed by atoms with Gasteiger partial charge in [0.25, 0.3) is 0 Å². The number of benzene rings is 1. The van der Waals surface area contributed by atoms with Gasteiger partial charge in [-0.05, 0) is 18.6 Å². The van der Waals surface area contributed by atoms with Gasteiger partial charge in [-0.15, -0.1) is 0 Å². The van der Waals surface area contributed by atoms with E-state index in [2.05, 4.69) is 36.4 Å². The number of hydrogen-bond donors (Lipinski definition) is 1. The van der Waals surface area contributed by atoms with Crippen molar-refractivity contribution in [2.24, 2.45) is 7.05 Å². The number of aryl methyl sites for hydroxylation is 2. The van der Waals surface area contributed by atoms with Crippen LogP contribution in [0.5, 0.6) is 0 Å². The minimum absolute atomic E-state index is 0.471. The molecule has 2 aromatic rings. The van der Waals surface area contributed by atoms with Gasteiger partial charge in [0.2, 0.25) is 0 Å². The van der Waals surface area contributed by atoms with Crippen LogP contribution in [0, 0.1) is 6.92 Å². The summed E-state index contributed by atoms with van der Waals surface area (Å²) in [6.45, 7) is 7.10. The quantitative estimate of drug-likeness (QED) is 0.926. The second-order valence-electron chi connectivity index (χ2n) is 5.15. The summed E-state index contributed by atoms with van der Waals surface area (Å²) in [4.78, 5) is 0. The van der Waals surface area contributed by atoms with Crippen molar-refractivity contribution in [2.75, 3.05) is 0 Å². The van der Waals surface area contributed by atoms with Crippen LogP contribution in [0.25, 0.3) is 11.1 Å². The molecule has 0 unspecified atom stereocenters. The topological polar surface area (TPSA) is 29.9 Å². The van der Waals surface area contributed by atoms with Crippen molar-refractivity contribution in [3.8, 4) is 11.1 Å². The molecule has 102 valence electrons. The Morgan fingerprint density at radius 3 is 2.58 bits per heavy atom. The smallest absolute Gasteiger partial charge is 0.0672 e. The summed E-state index contributed by atoms with van der Waals surface area (Å²) < 4.78 is 1.81. The van der Waals surface area contributed by atoms with E-state index in [0.29, 0.717) is 6.04 Å². The van der Waals surface area contributed by atoms with Crippen molar-refractivity contribution in [1.29, 1.82) is 0 Å². The maximum atomic E-state index is 6.40. The van der Waals surface area contributed by atoms with Crippen LogP contribution in [0.15, 0.2) is 24.4 Å². The molecule has 1 aromatic carbocycles. The van der Waals surface area contributed by atoms with Crippen LogP contribution >= 0.6 is 11.6 Å². The molecule has 2 rings (SSSR count). The standard InChI is InChI=1S/C15H20ClN3/c1-10(2)17-8-12-5-6-13(15(16)7-12)14-9-19(4)18-11(14)3/h5-7,9-10,17H,8H2,1-4H3. The molecule has 0 saturated heterocycles. The summed E-state index contributed by atoms with van der Waals surface area (Å²) in [7, 11) is 1.92. The average Bonchev–Trinajstić information content (AvgIpc) is 2.66. The maximum Gasteiger partial charge on any atom is 0.0672 e. The van der Waals surface area contributed by atoms with E-state index in [-0.39, 0.29) is 0 Å². The third-order valence-electron chi connectivity index (χ3n) is 3.05. The molecule has 0 fully saturated rings. The lowest BCUT2D eigenvalue weighted by Crippen LogP contribution is -2.21. The highest BCUT2D eigenvalue weighted by atomic mass is 35.5. The van der Waals surface area contributed by atoms with E-state index in [0.717, 1.165) is 28.4 Å². The SMILES string of the molecule is Cc1nn(C)cc1-c1ccc(CNC(C)C)cc1Cl. The van der Waals surface area contributed by atoms with Gasteiger partial charge in [0.15, 0.2) is 0 Å². The fourth-order valence-electron chi connectivity index (χ4n) is 2.07. The first-order chi connectivity index (χ1) is 8.97. The molecule has 0 amide bonds. The Morgan fingerprint density at radius 1 is 1.32 bits per heavy atom. The molecule has 0 spiro atoms. The number of rotatable bonds is 4. The third-order valence-corrected chi connectivity index (χ3v) is 3.36. The summed E-state index contributed by atoms with van der Waals surface area (Å²) in [6, 6.07) is 6.69. The van der Waals surface area contributed by atoms with Gasteiger partial charge in [0.05, 0.1) is 5.69 Å². The molecule has 1 N–H and O–H groups in total. The zero-order valence-corrected chi connectivity index (χ0v) is 12.6. The van der Waals surface area contributed by atoms with E-state index >= 15 is 0 Å². The maximum absolute atomic E-state index is 6.40. The van der Waals surface area contributed by atoms with Crippen LogP contribution in [0.2, 0.25) is 5.02 Å². The van der Waals surface area contributed by atoms with Crippen LogP contribution < -0.4 is 5.32 Å². The molecular formula is C15H20ClN3. The molecule has 1 heterocycles. The molecule has 0 saturated carbocycles. The lowest BCUT2D eigenvalue weighted by atomic mass is 10.0. The second-order valence-corrected chi connectivity index (χ2v) is 5.56. The van der Waals surface area contributed by atoms with Gasteiger partial charge in [0, 0.05) is 42.0 Å². The van der Waals surface area contributed by atoms with Gasteiger partial charge in [0.1, 0.15) is 0 Å². The van der Waals surface area contributed by atoms with E-state index in [4.69, 9.17) is 11.6 Å². The van der Waals surface area contributed by atoms with Crippen LogP contribution in [0.3, 0.4) is 0 Å². The molecule has 0 bridgehead atoms. The fourth-order valence-corrected chi connectivity index (χ4v) is 2.38. The largest absolute Gasteiger partial charge is 0.310 e. The number of aromatic nitrogens is 2. The minimum Gasteiger partial charge on any atom is -0.310 e. The lowest BCUT2D eigenvalue weighted by molar-refractivity contribution is 0.589. The van der Waals surface area contributed by atoms with Crippen LogP contribution in [-0.2, 0) is 13.6 Å². The highest BCUT2D eigenvalue weighted by molar-refractivity contribution is 6.33. The summed E-state index contributed by atoms with van der Waals surface area (Å²) >= 11 is 6.40. The van der Waals surface area contributed by atoms with E-state index in [1.807, 2.05) is 30.9 Å². The molecule has 0 aliphatic rings. The monoisotopic (exact) mass is 277 g/mol. The predicted octanol–water partition coefficient (Wildman–Crippen LogP) is 3.55. The zero-order chi connectivity index (χ0) is 14.0. The van der Waals surface area contributed by atoms with Gasteiger partial charge in [-0.2, -0.15) is 5.10 Å². The van der Waals surface area contributed by atoms with Crippen molar-refractivity contribution >= 4 is 11.6 Å². The molecule has 1 aromatic heterocycles. The third kappa shape index (κ3) is 3.37. The average molecular weight is 278 g/mol. The summed E-state index contributed by atoms with van der Waals surface area (Å²) in [5.74, 6) is 0. The lowest BCUT2D eigenvalue weighted by Gasteiger charge is -2.10. The van der Waals surface area contributed by atoms with Gasteiger partial charge >= 0.3 is 0 Å². The van der Waals surface area contributed by atoms with Crippen molar-refractivity contribution in [2.45, 2.75) is 33.4 Å². The molecule has 0 aliphatic carbocycles. The predicted molar refractivity (Wildman–Crippen MR) is 80.4 cm³/mol. The Labute approximate surface area is 119 Å². The van der Waals surface area contributed by atoms with Gasteiger partial charge in [-0.1, -0.05) is 37.6 Å². The van der Waals surface area contributed by atoms with E-state index in [1.165, 1.54) is 5.56 Å². The molecule has 0 atom stereocenters. The van der Waals surface area contributed by atoms with Gasteiger partial charge in [-0.3, -0.25) is 4.68 Å².